The smallest absolute Gasteiger partial charge is 0.234 e. The average molecular weight is 307 g/mol. The lowest BCUT2D eigenvalue weighted by Crippen LogP contribution is -2.29. The molecule has 0 saturated carbocycles. The first-order chi connectivity index (χ1) is 10.3. The van der Waals surface area contributed by atoms with Gasteiger partial charge in [-0.3, -0.25) is 0 Å². The van der Waals surface area contributed by atoms with Crippen LogP contribution in [0.4, 0.5) is 0 Å². The highest BCUT2D eigenvalue weighted by atomic mass is 32.1. The molecule has 0 amide bonds. The number of ether oxygens (including phenoxy) is 1. The van der Waals surface area contributed by atoms with Gasteiger partial charge in [-0.05, 0) is 32.2 Å². The summed E-state index contributed by atoms with van der Waals surface area (Å²) in [5, 5.41) is 18.2. The second-order valence-electron chi connectivity index (χ2n) is 6.12. The molecule has 21 heavy (non-hydrogen) atoms. The minimum Gasteiger partial charge on any atom is -0.370 e. The van der Waals surface area contributed by atoms with E-state index in [0.717, 1.165) is 43.3 Å². The summed E-state index contributed by atoms with van der Waals surface area (Å²) in [6.45, 7) is 5.18. The van der Waals surface area contributed by atoms with Gasteiger partial charge in [-0.1, -0.05) is 24.7 Å². The maximum absolute atomic E-state index is 5.74. The van der Waals surface area contributed by atoms with E-state index in [1.54, 1.807) is 11.3 Å². The monoisotopic (exact) mass is 307 g/mol. The number of hydrogen-bond acceptors (Lipinski definition) is 6. The summed E-state index contributed by atoms with van der Waals surface area (Å²) in [6, 6.07) is 0. The van der Waals surface area contributed by atoms with E-state index in [0.29, 0.717) is 0 Å². The molecule has 2 saturated heterocycles. The van der Waals surface area contributed by atoms with Gasteiger partial charge < -0.3 is 10.1 Å². The van der Waals surface area contributed by atoms with E-state index in [9.17, 15) is 0 Å². The van der Waals surface area contributed by atoms with Gasteiger partial charge in [0, 0.05) is 18.6 Å². The van der Waals surface area contributed by atoms with E-state index in [1.807, 2.05) is 4.52 Å². The standard InChI is InChI=1S/C14H21N5OS/c1-2-5-14(6-7-15-9-14)12-18-19-11(10-4-3-8-20-10)16-17-13(19)21-12/h10,15H,2-9H2,1H3. The quantitative estimate of drug-likeness (QED) is 0.937. The molecule has 1 N–H and O–H groups in total. The van der Waals surface area contributed by atoms with Gasteiger partial charge in [0.05, 0.1) is 0 Å². The van der Waals surface area contributed by atoms with Crippen molar-refractivity contribution >= 4 is 16.3 Å². The van der Waals surface area contributed by atoms with Crippen molar-refractivity contribution in [1.82, 2.24) is 25.1 Å². The van der Waals surface area contributed by atoms with Gasteiger partial charge in [-0.25, -0.2) is 0 Å². The zero-order valence-corrected chi connectivity index (χ0v) is 13.2. The van der Waals surface area contributed by atoms with Crippen molar-refractivity contribution in [2.75, 3.05) is 19.7 Å². The minimum absolute atomic E-state index is 0.0683. The Morgan fingerprint density at radius 1 is 1.48 bits per heavy atom. The summed E-state index contributed by atoms with van der Waals surface area (Å²) < 4.78 is 7.66. The molecule has 4 rings (SSSR count). The predicted octanol–water partition coefficient (Wildman–Crippen LogP) is 2.07. The molecule has 7 heteroatoms. The Morgan fingerprint density at radius 3 is 3.14 bits per heavy atom. The molecular weight excluding hydrogens is 286 g/mol. The van der Waals surface area contributed by atoms with Crippen molar-refractivity contribution in [2.24, 2.45) is 0 Å². The van der Waals surface area contributed by atoms with E-state index in [-0.39, 0.29) is 11.5 Å². The van der Waals surface area contributed by atoms with E-state index < -0.39 is 0 Å². The summed E-state index contributed by atoms with van der Waals surface area (Å²) >= 11 is 1.70. The van der Waals surface area contributed by atoms with E-state index in [4.69, 9.17) is 9.84 Å². The lowest BCUT2D eigenvalue weighted by atomic mass is 9.83. The van der Waals surface area contributed by atoms with Crippen molar-refractivity contribution in [2.45, 2.75) is 50.5 Å². The summed E-state index contributed by atoms with van der Waals surface area (Å²) in [4.78, 5) is 0.901. The lowest BCUT2D eigenvalue weighted by Gasteiger charge is -2.24. The third-order valence-electron chi connectivity index (χ3n) is 4.66. The Bertz CT molecular complexity index is 624. The van der Waals surface area contributed by atoms with Crippen LogP contribution in [0.5, 0.6) is 0 Å². The van der Waals surface area contributed by atoms with Crippen molar-refractivity contribution < 1.29 is 4.74 Å². The molecular formula is C14H21N5OS. The first-order valence-electron chi connectivity index (χ1n) is 7.87. The molecule has 4 heterocycles. The summed E-state index contributed by atoms with van der Waals surface area (Å²) in [5.74, 6) is 0.877. The van der Waals surface area contributed by atoms with Gasteiger partial charge in [0.1, 0.15) is 11.1 Å². The molecule has 2 atom stereocenters. The van der Waals surface area contributed by atoms with E-state index in [1.165, 1.54) is 24.3 Å². The third kappa shape index (κ3) is 2.18. The highest BCUT2D eigenvalue weighted by Gasteiger charge is 2.39. The number of hydrogen-bond donors (Lipinski definition) is 1. The second kappa shape index (κ2) is 5.30. The van der Waals surface area contributed by atoms with Crippen LogP contribution in [-0.2, 0) is 10.2 Å². The maximum atomic E-state index is 5.74. The number of rotatable bonds is 4. The normalized spacial score (nSPS) is 29.7. The molecule has 2 aromatic heterocycles. The van der Waals surface area contributed by atoms with Crippen molar-refractivity contribution in [3.05, 3.63) is 10.8 Å². The van der Waals surface area contributed by atoms with Crippen LogP contribution in [0.15, 0.2) is 0 Å². The molecule has 0 radical (unpaired) electrons. The van der Waals surface area contributed by atoms with Crippen LogP contribution < -0.4 is 5.32 Å². The molecule has 2 aliphatic rings. The minimum atomic E-state index is 0.0683. The number of nitrogens with zero attached hydrogens (tertiary/aromatic N) is 4. The molecule has 2 unspecified atom stereocenters. The van der Waals surface area contributed by atoms with Crippen LogP contribution in [0.25, 0.3) is 4.96 Å². The molecule has 114 valence electrons. The van der Waals surface area contributed by atoms with Gasteiger partial charge >= 0.3 is 0 Å². The Kier molecular flexibility index (Phi) is 3.43. The zero-order chi connectivity index (χ0) is 14.3. The summed E-state index contributed by atoms with van der Waals surface area (Å²) in [7, 11) is 0. The SMILES string of the molecule is CCCC1(c2nn3c(C4CCCO4)nnc3s2)CCNC1. The predicted molar refractivity (Wildman–Crippen MR) is 80.7 cm³/mol. The van der Waals surface area contributed by atoms with Crippen LogP contribution in [0.2, 0.25) is 0 Å². The van der Waals surface area contributed by atoms with Crippen LogP contribution in [0, 0.1) is 0 Å². The first kappa shape index (κ1) is 13.6. The van der Waals surface area contributed by atoms with Crippen LogP contribution in [-0.4, -0.2) is 39.5 Å². The topological polar surface area (TPSA) is 64.3 Å². The zero-order valence-electron chi connectivity index (χ0n) is 12.3. The van der Waals surface area contributed by atoms with Gasteiger partial charge in [0.25, 0.3) is 0 Å². The molecule has 6 nitrogen and oxygen atoms in total. The molecule has 2 aliphatic heterocycles. The van der Waals surface area contributed by atoms with E-state index >= 15 is 0 Å². The average Bonchev–Trinajstić information content (AvgIpc) is 3.23. The molecule has 0 spiro atoms. The molecule has 0 bridgehead atoms. The Labute approximate surface area is 127 Å². The van der Waals surface area contributed by atoms with Crippen LogP contribution in [0.1, 0.15) is 56.0 Å². The Balaban J connectivity index is 1.73. The second-order valence-corrected chi connectivity index (χ2v) is 7.07. The van der Waals surface area contributed by atoms with Gasteiger partial charge in [0.2, 0.25) is 4.96 Å². The van der Waals surface area contributed by atoms with E-state index in [2.05, 4.69) is 22.4 Å². The van der Waals surface area contributed by atoms with Crippen molar-refractivity contribution in [3.63, 3.8) is 0 Å². The molecule has 0 aliphatic carbocycles. The van der Waals surface area contributed by atoms with Crippen molar-refractivity contribution in [3.8, 4) is 0 Å². The fourth-order valence-corrected chi connectivity index (χ4v) is 4.64. The summed E-state index contributed by atoms with van der Waals surface area (Å²) in [6.07, 6.45) is 5.72. The molecule has 2 fully saturated rings. The Morgan fingerprint density at radius 2 is 2.43 bits per heavy atom. The maximum Gasteiger partial charge on any atom is 0.234 e. The first-order valence-corrected chi connectivity index (χ1v) is 8.69. The number of aromatic nitrogens is 4. The van der Waals surface area contributed by atoms with Gasteiger partial charge in [0.15, 0.2) is 5.82 Å². The molecule has 2 aromatic rings. The lowest BCUT2D eigenvalue weighted by molar-refractivity contribution is 0.103. The van der Waals surface area contributed by atoms with Gasteiger partial charge in [-0.15, -0.1) is 10.2 Å². The van der Waals surface area contributed by atoms with Crippen LogP contribution in [0.3, 0.4) is 0 Å². The molecule has 0 aromatic carbocycles. The number of fused-ring (bicyclic) bond motifs is 1. The highest BCUT2D eigenvalue weighted by Crippen LogP contribution is 2.38. The fraction of sp³-hybridized carbons (Fsp3) is 0.786. The van der Waals surface area contributed by atoms with Gasteiger partial charge in [-0.2, -0.15) is 9.61 Å². The fourth-order valence-electron chi connectivity index (χ4n) is 3.55. The highest BCUT2D eigenvalue weighted by molar-refractivity contribution is 7.16. The third-order valence-corrected chi connectivity index (χ3v) is 5.80. The number of nitrogens with one attached hydrogen (secondary N) is 1. The van der Waals surface area contributed by atoms with Crippen molar-refractivity contribution in [1.29, 1.82) is 0 Å². The Hall–Kier alpha value is -1.05. The van der Waals surface area contributed by atoms with Crippen LogP contribution >= 0.6 is 11.3 Å². The largest absolute Gasteiger partial charge is 0.370 e. The summed E-state index contributed by atoms with van der Waals surface area (Å²) in [5.41, 5.74) is 0.188.